The van der Waals surface area contributed by atoms with Gasteiger partial charge in [-0.2, -0.15) is 11.8 Å². The molecule has 0 heterocycles. The van der Waals surface area contributed by atoms with Gasteiger partial charge in [0.25, 0.3) is 0 Å². The maximum absolute atomic E-state index is 14.3. The highest BCUT2D eigenvalue weighted by molar-refractivity contribution is 7.98. The lowest BCUT2D eigenvalue weighted by Crippen LogP contribution is -2.61. The first-order valence-electron chi connectivity index (χ1n) is 27.4. The Hall–Kier alpha value is -8.18. The third-order valence-corrected chi connectivity index (χ3v) is 13.7. The van der Waals surface area contributed by atoms with Gasteiger partial charge in [0.05, 0.1) is 26.2 Å². The number of thioether (sulfide) groups is 1. The molecule has 1 aromatic rings. The van der Waals surface area contributed by atoms with E-state index in [9.17, 15) is 97.1 Å². The number of nitrogens with one attached hydrogen (secondary N) is 10. The Kier molecular flexibility index (Phi) is 35.0. The predicted molar refractivity (Wildman–Crippen MR) is 313 cm³/mol. The normalized spacial score (nSPS) is 14.5. The topological polar surface area (TPSA) is 580 Å². The molecule has 0 saturated heterocycles. The Morgan fingerprint density at radius 3 is 1.59 bits per heavy atom. The summed E-state index contributed by atoms with van der Waals surface area (Å²) in [5.41, 5.74) is 16.4. The van der Waals surface area contributed by atoms with Gasteiger partial charge in [-0.05, 0) is 73.6 Å². The Bertz CT molecular complexity index is 2660. The summed E-state index contributed by atoms with van der Waals surface area (Å²) in [6.07, 6.45) is -1.28. The number of carboxylic acid groups (broad SMARTS) is 2. The molecule has 0 aliphatic heterocycles. The van der Waals surface area contributed by atoms with Crippen molar-refractivity contribution in [2.45, 2.75) is 147 Å². The van der Waals surface area contributed by atoms with E-state index in [2.05, 4.69) is 62.7 Å². The highest BCUT2D eigenvalue weighted by atomic mass is 32.2. The SMILES string of the molecule is CC[C@H](C)[C@H](NC(=O)[C@H](CC(=O)O)NC(=O)[C@H](CCC(=O)O)NC(=O)[C@H](Cc1ccc(OP(=O)(O)O)cc1)NC(=O)[C@H](CCSC)NC(=O)[C@H](CO)NC(C)=O)C(=O)N[C@@H](CO)C(=O)NCC(=O)N[C@@H](CCCN=C(N)N)C(=O)N[C@@H](CC(C)C)C(N)=O. The van der Waals surface area contributed by atoms with E-state index in [0.29, 0.717) is 0 Å². The lowest BCUT2D eigenvalue weighted by atomic mass is 9.97. The van der Waals surface area contributed by atoms with Crippen LogP contribution in [-0.4, -0.2) is 206 Å². The lowest BCUT2D eigenvalue weighted by Gasteiger charge is -2.29. The zero-order valence-corrected chi connectivity index (χ0v) is 51.1. The highest BCUT2D eigenvalue weighted by Crippen LogP contribution is 2.37. The number of hydrogen-bond acceptors (Lipinski definition) is 19. The van der Waals surface area contributed by atoms with E-state index >= 15 is 0 Å². The number of primary amides is 1. The summed E-state index contributed by atoms with van der Waals surface area (Å²) >= 11 is 1.25. The van der Waals surface area contributed by atoms with Crippen molar-refractivity contribution < 1.29 is 102 Å². The maximum atomic E-state index is 14.3. The molecule has 11 amide bonds. The number of carbonyl (C=O) groups excluding carboxylic acids is 11. The largest absolute Gasteiger partial charge is 0.524 e. The third-order valence-electron chi connectivity index (χ3n) is 12.6. The van der Waals surface area contributed by atoms with Crippen LogP contribution in [0.3, 0.4) is 0 Å². The average molecular weight is 1290 g/mol. The standard InChI is InChI=1S/C51H83N14O21PS/c1-7-26(4)41(50(82)64-36(23-66)43(75)56-22-38(69)58-30(9-8-17-55-51(53)54)44(76)61-33(42(52)74)19-25(2)3)65-48(80)35(21-40(72)73)63-45(77)31(14-15-39(70)71)59-47(79)34(20-28-10-12-29(13-11-28)86-87(83,84)85)62-46(78)32(16-18-88-6)60-49(81)37(24-67)57-27(5)68/h10-13,25-26,30-37,41,66-67H,7-9,14-24H2,1-6H3,(H2,52,74)(H,56,75)(H,57,68)(H,58,69)(H,59,79)(H,60,81)(H,61,76)(H,62,78)(H,63,77)(H,64,82)(H,65,80)(H,70,71)(H,72,73)(H4,53,54,55)(H2,83,84,85)/t26-,30-,31-,32-,33-,34-,35-,36-,37-,41-/m0/s1. The van der Waals surface area contributed by atoms with Crippen molar-refractivity contribution in [3.63, 3.8) is 0 Å². The molecule has 0 bridgehead atoms. The van der Waals surface area contributed by atoms with Crippen molar-refractivity contribution in [3.8, 4) is 5.75 Å². The maximum Gasteiger partial charge on any atom is 0.524 e. The van der Waals surface area contributed by atoms with Gasteiger partial charge < -0.3 is 95.3 Å². The molecule has 0 fully saturated rings. The number of hydrogen-bond donors (Lipinski definition) is 19. The molecule has 1 rings (SSSR count). The number of carbonyl (C=O) groups is 13. The molecule has 0 spiro atoms. The van der Waals surface area contributed by atoms with Gasteiger partial charge in [0.2, 0.25) is 65.0 Å². The average Bonchev–Trinajstić information content (AvgIpc) is 3.63. The summed E-state index contributed by atoms with van der Waals surface area (Å²) in [7, 11) is -5.03. The van der Waals surface area contributed by atoms with Crippen molar-refractivity contribution in [2.24, 2.45) is 34.0 Å². The second-order valence-electron chi connectivity index (χ2n) is 20.4. The minimum Gasteiger partial charge on any atom is -0.481 e. The van der Waals surface area contributed by atoms with E-state index in [1.807, 2.05) is 0 Å². The number of amides is 11. The van der Waals surface area contributed by atoms with Crippen LogP contribution in [0, 0.1) is 11.8 Å². The van der Waals surface area contributed by atoms with Gasteiger partial charge in [-0.1, -0.05) is 46.2 Å². The summed E-state index contributed by atoms with van der Waals surface area (Å²) in [4.78, 5) is 193. The molecule has 0 unspecified atom stereocenters. The number of aliphatic hydroxyl groups excluding tert-OH is 2. The van der Waals surface area contributed by atoms with Crippen molar-refractivity contribution in [2.75, 3.05) is 38.3 Å². The van der Waals surface area contributed by atoms with Gasteiger partial charge in [-0.25, -0.2) is 4.57 Å². The Morgan fingerprint density at radius 1 is 0.614 bits per heavy atom. The van der Waals surface area contributed by atoms with Crippen LogP contribution < -0.4 is 74.9 Å². The van der Waals surface area contributed by atoms with E-state index in [1.165, 1.54) is 30.8 Å². The van der Waals surface area contributed by atoms with Gasteiger partial charge in [-0.15, -0.1) is 0 Å². The van der Waals surface area contributed by atoms with E-state index in [0.717, 1.165) is 19.1 Å². The van der Waals surface area contributed by atoms with Crippen LogP contribution in [0.5, 0.6) is 5.75 Å². The van der Waals surface area contributed by atoms with Gasteiger partial charge in [0.15, 0.2) is 5.96 Å². The molecule has 0 aliphatic rings. The second kappa shape index (κ2) is 39.6. The molecule has 35 nitrogen and oxygen atoms in total. The summed E-state index contributed by atoms with van der Waals surface area (Å²) in [6.45, 7) is 4.92. The van der Waals surface area contributed by atoms with E-state index < -0.39 is 190 Å². The fourth-order valence-corrected chi connectivity index (χ4v) is 8.80. The van der Waals surface area contributed by atoms with Crippen LogP contribution in [0.15, 0.2) is 29.3 Å². The first kappa shape index (κ1) is 77.8. The number of aliphatic imine (C=N–C) groups is 1. The van der Waals surface area contributed by atoms with Gasteiger partial charge in [-0.3, -0.25) is 77.1 Å². The smallest absolute Gasteiger partial charge is 0.481 e. The first-order valence-corrected chi connectivity index (χ1v) is 30.4. The van der Waals surface area contributed by atoms with Crippen molar-refractivity contribution in [1.29, 1.82) is 0 Å². The van der Waals surface area contributed by atoms with E-state index in [1.54, 1.807) is 27.0 Å². The van der Waals surface area contributed by atoms with Crippen molar-refractivity contribution in [3.05, 3.63) is 29.8 Å². The molecule has 37 heteroatoms. The van der Waals surface area contributed by atoms with Gasteiger partial charge >= 0.3 is 19.8 Å². The molecule has 0 aliphatic carbocycles. The molecule has 0 radical (unpaired) electrons. The first-order chi connectivity index (χ1) is 41.1. The van der Waals surface area contributed by atoms with E-state index in [4.69, 9.17) is 17.2 Å². The number of guanidine groups is 1. The third kappa shape index (κ3) is 30.9. The zero-order valence-electron chi connectivity index (χ0n) is 49.4. The lowest BCUT2D eigenvalue weighted by molar-refractivity contribution is -0.142. The highest BCUT2D eigenvalue weighted by Gasteiger charge is 2.37. The van der Waals surface area contributed by atoms with Crippen molar-refractivity contribution in [1.82, 2.24) is 53.2 Å². The van der Waals surface area contributed by atoms with Crippen LogP contribution in [0.4, 0.5) is 0 Å². The summed E-state index contributed by atoms with van der Waals surface area (Å²) < 4.78 is 16.0. The number of phosphoric acid groups is 1. The molecule has 22 N–H and O–H groups in total. The number of nitrogens with two attached hydrogens (primary N) is 3. The van der Waals surface area contributed by atoms with Crippen LogP contribution in [0.1, 0.15) is 91.5 Å². The number of aliphatic hydroxyl groups is 2. The Morgan fingerprint density at radius 2 is 1.10 bits per heavy atom. The Labute approximate surface area is 510 Å². The summed E-state index contributed by atoms with van der Waals surface area (Å²) in [5, 5.41) is 62.6. The number of benzene rings is 1. The molecular formula is C51H83N14O21PS. The van der Waals surface area contributed by atoms with Crippen molar-refractivity contribution >= 4 is 102 Å². The molecule has 1 aromatic carbocycles. The minimum atomic E-state index is -5.03. The molecule has 0 aromatic heterocycles. The molecular weight excluding hydrogens is 1210 g/mol. The molecule has 10 atom stereocenters. The van der Waals surface area contributed by atoms with Crippen LogP contribution in [0.25, 0.3) is 0 Å². The number of rotatable bonds is 42. The van der Waals surface area contributed by atoms with Crippen LogP contribution >= 0.6 is 19.6 Å². The second-order valence-corrected chi connectivity index (χ2v) is 22.6. The minimum absolute atomic E-state index is 0.0467. The summed E-state index contributed by atoms with van der Waals surface area (Å²) in [6, 6.07) is -9.93. The zero-order chi connectivity index (χ0) is 67.0. The van der Waals surface area contributed by atoms with E-state index in [-0.39, 0.29) is 67.6 Å². The number of carboxylic acids is 2. The number of aliphatic carboxylic acids is 2. The van der Waals surface area contributed by atoms with Crippen LogP contribution in [0.2, 0.25) is 0 Å². The summed E-state index contributed by atoms with van der Waals surface area (Å²) in [5.74, 6) is -15.9. The fraction of sp³-hybridized carbons (Fsp3) is 0.608. The predicted octanol–water partition coefficient (Wildman–Crippen LogP) is -6.09. The fourth-order valence-electron chi connectivity index (χ4n) is 7.93. The van der Waals surface area contributed by atoms with Crippen LogP contribution in [-0.2, 0) is 73.3 Å². The number of phosphoric ester groups is 1. The molecule has 494 valence electrons. The number of nitrogens with zero attached hydrogens (tertiary/aromatic N) is 1. The quantitative estimate of drug-likeness (QED) is 0.0125. The molecule has 0 saturated carbocycles. The molecule has 88 heavy (non-hydrogen) atoms. The Balaban J connectivity index is 3.55. The monoisotopic (exact) mass is 1290 g/mol. The van der Waals surface area contributed by atoms with Gasteiger partial charge in [0.1, 0.15) is 60.1 Å². The van der Waals surface area contributed by atoms with Gasteiger partial charge in [0, 0.05) is 26.3 Å².